The van der Waals surface area contributed by atoms with Crippen molar-refractivity contribution in [2.75, 3.05) is 0 Å². The second-order valence-electron chi connectivity index (χ2n) is 2.58. The number of aromatic nitrogens is 2. The summed E-state index contributed by atoms with van der Waals surface area (Å²) in [6.45, 7) is 0. The Morgan fingerprint density at radius 1 is 1.50 bits per heavy atom. The molecule has 2 aromatic rings. The van der Waals surface area contributed by atoms with Gasteiger partial charge in [-0.3, -0.25) is 0 Å². The summed E-state index contributed by atoms with van der Waals surface area (Å²) >= 11 is 3.28. The Bertz CT molecular complexity index is 436. The van der Waals surface area contributed by atoms with Crippen LogP contribution in [0.5, 0.6) is 5.75 Å². The Morgan fingerprint density at radius 2 is 2.25 bits per heavy atom. The van der Waals surface area contributed by atoms with E-state index < -0.39 is 0 Å². The topological polar surface area (TPSA) is 38.0 Å². The number of benzene rings is 1. The lowest BCUT2D eigenvalue weighted by atomic mass is 10.3. The van der Waals surface area contributed by atoms with Gasteiger partial charge in [-0.1, -0.05) is 6.07 Å². The molecular formula is C8H7BrN2O. The third-order valence-corrected chi connectivity index (χ3v) is 2.54. The lowest BCUT2D eigenvalue weighted by Crippen LogP contribution is -1.85. The first-order valence-corrected chi connectivity index (χ1v) is 4.29. The fourth-order valence-corrected chi connectivity index (χ4v) is 1.54. The van der Waals surface area contributed by atoms with Crippen LogP contribution in [-0.4, -0.2) is 14.7 Å². The van der Waals surface area contributed by atoms with Gasteiger partial charge in [0, 0.05) is 7.05 Å². The third-order valence-electron chi connectivity index (χ3n) is 1.84. The average molecular weight is 227 g/mol. The number of rotatable bonds is 0. The number of hydrogen-bond acceptors (Lipinski definition) is 2. The van der Waals surface area contributed by atoms with E-state index in [1.54, 1.807) is 12.1 Å². The molecular weight excluding hydrogens is 220 g/mol. The van der Waals surface area contributed by atoms with E-state index >= 15 is 0 Å². The maximum atomic E-state index is 9.41. The first-order valence-electron chi connectivity index (χ1n) is 3.50. The van der Waals surface area contributed by atoms with E-state index in [9.17, 15) is 5.11 Å². The summed E-state index contributed by atoms with van der Waals surface area (Å²) in [6.07, 6.45) is 0. The molecule has 2 rings (SSSR count). The molecule has 1 aromatic carbocycles. The third kappa shape index (κ3) is 0.914. The molecule has 4 heteroatoms. The maximum Gasteiger partial charge on any atom is 0.178 e. The van der Waals surface area contributed by atoms with Crippen molar-refractivity contribution in [2.24, 2.45) is 7.05 Å². The van der Waals surface area contributed by atoms with Gasteiger partial charge in [0.2, 0.25) is 0 Å². The highest BCUT2D eigenvalue weighted by Crippen LogP contribution is 2.25. The number of phenolic OH excluding ortho intramolecular Hbond substituents is 1. The minimum Gasteiger partial charge on any atom is -0.506 e. The number of halogens is 1. The largest absolute Gasteiger partial charge is 0.506 e. The second-order valence-corrected chi connectivity index (χ2v) is 3.29. The van der Waals surface area contributed by atoms with Gasteiger partial charge in [-0.2, -0.15) is 0 Å². The standard InChI is InChI=1S/C8H7BrN2O/c1-11-5-3-2-4-6(12)7(5)10-8(11)9/h2-4,12H,1H3. The molecule has 1 heterocycles. The van der Waals surface area contributed by atoms with Crippen LogP contribution in [0.1, 0.15) is 0 Å². The Balaban J connectivity index is 2.95. The first kappa shape index (κ1) is 7.61. The summed E-state index contributed by atoms with van der Waals surface area (Å²) in [4.78, 5) is 4.14. The van der Waals surface area contributed by atoms with Gasteiger partial charge in [0.05, 0.1) is 5.52 Å². The molecule has 12 heavy (non-hydrogen) atoms. The van der Waals surface area contributed by atoms with E-state index in [0.29, 0.717) is 5.52 Å². The minimum atomic E-state index is 0.216. The van der Waals surface area contributed by atoms with Crippen LogP contribution in [-0.2, 0) is 7.05 Å². The highest BCUT2D eigenvalue weighted by molar-refractivity contribution is 9.10. The van der Waals surface area contributed by atoms with Gasteiger partial charge in [0.15, 0.2) is 4.73 Å². The predicted molar refractivity (Wildman–Crippen MR) is 50.1 cm³/mol. The molecule has 0 aliphatic rings. The number of nitrogens with zero attached hydrogens (tertiary/aromatic N) is 2. The Kier molecular flexibility index (Phi) is 1.58. The van der Waals surface area contributed by atoms with Gasteiger partial charge in [-0.15, -0.1) is 0 Å². The van der Waals surface area contributed by atoms with E-state index in [0.717, 1.165) is 10.3 Å². The first-order chi connectivity index (χ1) is 5.70. The zero-order chi connectivity index (χ0) is 8.72. The summed E-state index contributed by atoms with van der Waals surface area (Å²) in [5.74, 6) is 0.216. The van der Waals surface area contributed by atoms with Crippen molar-refractivity contribution in [1.82, 2.24) is 9.55 Å². The monoisotopic (exact) mass is 226 g/mol. The Morgan fingerprint density at radius 3 is 2.92 bits per heavy atom. The number of aromatic hydroxyl groups is 1. The van der Waals surface area contributed by atoms with E-state index in [-0.39, 0.29) is 5.75 Å². The Hall–Kier alpha value is -1.03. The minimum absolute atomic E-state index is 0.216. The molecule has 0 radical (unpaired) electrons. The molecule has 0 bridgehead atoms. The molecule has 0 amide bonds. The van der Waals surface area contributed by atoms with E-state index in [2.05, 4.69) is 20.9 Å². The van der Waals surface area contributed by atoms with Crippen molar-refractivity contribution in [1.29, 1.82) is 0 Å². The van der Waals surface area contributed by atoms with Crippen molar-refractivity contribution in [3.8, 4) is 5.75 Å². The van der Waals surface area contributed by atoms with Gasteiger partial charge in [0.25, 0.3) is 0 Å². The lowest BCUT2D eigenvalue weighted by Gasteiger charge is -1.94. The number of imidazole rings is 1. The molecule has 0 fully saturated rings. The van der Waals surface area contributed by atoms with Crippen molar-refractivity contribution in [2.45, 2.75) is 0 Å². The molecule has 0 aliphatic carbocycles. The maximum absolute atomic E-state index is 9.41. The van der Waals surface area contributed by atoms with Crippen molar-refractivity contribution >= 4 is 27.0 Å². The number of aryl methyl sites for hydroxylation is 1. The van der Waals surface area contributed by atoms with E-state index in [4.69, 9.17) is 0 Å². The van der Waals surface area contributed by atoms with Crippen LogP contribution in [0.15, 0.2) is 22.9 Å². The van der Waals surface area contributed by atoms with Gasteiger partial charge >= 0.3 is 0 Å². The summed E-state index contributed by atoms with van der Waals surface area (Å²) < 4.78 is 2.59. The van der Waals surface area contributed by atoms with Crippen LogP contribution < -0.4 is 0 Å². The van der Waals surface area contributed by atoms with Crippen LogP contribution in [0.2, 0.25) is 0 Å². The summed E-state index contributed by atoms with van der Waals surface area (Å²) in [7, 11) is 1.89. The lowest BCUT2D eigenvalue weighted by molar-refractivity contribution is 0.480. The quantitative estimate of drug-likeness (QED) is 0.747. The van der Waals surface area contributed by atoms with Gasteiger partial charge < -0.3 is 9.67 Å². The molecule has 62 valence electrons. The highest BCUT2D eigenvalue weighted by atomic mass is 79.9. The molecule has 0 atom stereocenters. The molecule has 0 spiro atoms. The van der Waals surface area contributed by atoms with Crippen LogP contribution in [0, 0.1) is 0 Å². The average Bonchev–Trinajstić information content (AvgIpc) is 2.32. The molecule has 3 nitrogen and oxygen atoms in total. The van der Waals surface area contributed by atoms with Gasteiger partial charge in [0.1, 0.15) is 11.3 Å². The van der Waals surface area contributed by atoms with Crippen LogP contribution in [0.4, 0.5) is 0 Å². The SMILES string of the molecule is Cn1c(Br)nc2c(O)cccc21. The highest BCUT2D eigenvalue weighted by Gasteiger charge is 2.07. The smallest absolute Gasteiger partial charge is 0.178 e. The number of fused-ring (bicyclic) bond motifs is 1. The van der Waals surface area contributed by atoms with Crippen molar-refractivity contribution in [3.05, 3.63) is 22.9 Å². The van der Waals surface area contributed by atoms with Crippen molar-refractivity contribution in [3.63, 3.8) is 0 Å². The van der Waals surface area contributed by atoms with Crippen LogP contribution in [0.3, 0.4) is 0 Å². The summed E-state index contributed by atoms with van der Waals surface area (Å²) in [5.41, 5.74) is 1.55. The molecule has 0 saturated heterocycles. The summed E-state index contributed by atoms with van der Waals surface area (Å²) in [5, 5.41) is 9.41. The number of para-hydroxylation sites is 1. The normalized spacial score (nSPS) is 10.8. The molecule has 0 saturated carbocycles. The van der Waals surface area contributed by atoms with Crippen LogP contribution >= 0.6 is 15.9 Å². The molecule has 1 aromatic heterocycles. The fourth-order valence-electron chi connectivity index (χ4n) is 1.17. The van der Waals surface area contributed by atoms with E-state index in [1.807, 2.05) is 17.7 Å². The molecule has 0 aliphatic heterocycles. The van der Waals surface area contributed by atoms with Gasteiger partial charge in [-0.25, -0.2) is 4.98 Å². The number of hydrogen-bond donors (Lipinski definition) is 1. The van der Waals surface area contributed by atoms with Crippen LogP contribution in [0.25, 0.3) is 11.0 Å². The number of phenols is 1. The van der Waals surface area contributed by atoms with Gasteiger partial charge in [-0.05, 0) is 28.1 Å². The van der Waals surface area contributed by atoms with Crippen molar-refractivity contribution < 1.29 is 5.11 Å². The Labute approximate surface area is 77.8 Å². The molecule has 1 N–H and O–H groups in total. The fraction of sp³-hybridized carbons (Fsp3) is 0.125. The predicted octanol–water partition coefficient (Wildman–Crippen LogP) is 2.04. The zero-order valence-electron chi connectivity index (χ0n) is 6.45. The van der Waals surface area contributed by atoms with E-state index in [1.165, 1.54) is 0 Å². The summed E-state index contributed by atoms with van der Waals surface area (Å²) in [6, 6.07) is 5.33. The molecule has 0 unspecified atom stereocenters. The second kappa shape index (κ2) is 2.48. The zero-order valence-corrected chi connectivity index (χ0v) is 8.04.